The molecule has 1 amide bonds. The first-order valence-electron chi connectivity index (χ1n) is 8.57. The average Bonchev–Trinajstić information content (AvgIpc) is 2.69. The predicted molar refractivity (Wildman–Crippen MR) is 111 cm³/mol. The molecule has 3 rings (SSSR count). The number of nitrogens with zero attached hydrogens (tertiary/aromatic N) is 1. The van der Waals surface area contributed by atoms with Crippen molar-refractivity contribution in [3.8, 4) is 0 Å². The van der Waals surface area contributed by atoms with E-state index in [1.165, 1.54) is 17.8 Å². The van der Waals surface area contributed by atoms with Crippen LogP contribution in [0.2, 0.25) is 5.02 Å². The van der Waals surface area contributed by atoms with Gasteiger partial charge in [0.25, 0.3) is 11.6 Å². The van der Waals surface area contributed by atoms with Crippen molar-refractivity contribution in [2.24, 2.45) is 0 Å². The average molecular weight is 413 g/mol. The maximum absolute atomic E-state index is 12.4. The molecule has 3 aromatic rings. The lowest BCUT2D eigenvalue weighted by Gasteiger charge is -2.08. The molecule has 0 atom stereocenters. The van der Waals surface area contributed by atoms with Crippen LogP contribution in [0.4, 0.5) is 5.69 Å². The van der Waals surface area contributed by atoms with Gasteiger partial charge in [0.05, 0.1) is 9.82 Å². The first-order chi connectivity index (χ1) is 13.5. The zero-order valence-electron chi connectivity index (χ0n) is 14.8. The molecule has 3 aromatic carbocycles. The molecule has 0 aliphatic heterocycles. The molecule has 7 heteroatoms. The lowest BCUT2D eigenvalue weighted by atomic mass is 10.1. The minimum Gasteiger partial charge on any atom is -0.352 e. The highest BCUT2D eigenvalue weighted by molar-refractivity contribution is 7.99. The van der Waals surface area contributed by atoms with E-state index in [0.717, 1.165) is 10.5 Å². The first kappa shape index (κ1) is 19.9. The minimum atomic E-state index is -0.479. The maximum Gasteiger partial charge on any atom is 0.284 e. The molecular weight excluding hydrogens is 396 g/mol. The van der Waals surface area contributed by atoms with Crippen LogP contribution in [0.25, 0.3) is 0 Å². The SMILES string of the molecule is O=C(NCCc1ccccc1)c1ccc(Sc2cccc(Cl)c2)c([N+](=O)[O-])c1. The summed E-state index contributed by atoms with van der Waals surface area (Å²) in [5.41, 5.74) is 1.26. The fraction of sp³-hybridized carbons (Fsp3) is 0.0952. The van der Waals surface area contributed by atoms with Crippen LogP contribution in [-0.4, -0.2) is 17.4 Å². The molecule has 0 unspecified atom stereocenters. The zero-order valence-corrected chi connectivity index (χ0v) is 16.4. The molecule has 28 heavy (non-hydrogen) atoms. The van der Waals surface area contributed by atoms with Gasteiger partial charge < -0.3 is 5.32 Å². The van der Waals surface area contributed by atoms with E-state index in [2.05, 4.69) is 5.32 Å². The predicted octanol–water partition coefficient (Wildman–Crippen LogP) is 5.37. The standard InChI is InChI=1S/C21H17ClN2O3S/c22-17-7-4-8-18(14-17)28-20-10-9-16(13-19(20)24(26)27)21(25)23-12-11-15-5-2-1-3-6-15/h1-10,13-14H,11-12H2,(H,23,25). The second-order valence-corrected chi connectivity index (χ2v) is 7.54. The summed E-state index contributed by atoms with van der Waals surface area (Å²) in [6, 6.07) is 21.4. The normalized spacial score (nSPS) is 10.5. The van der Waals surface area contributed by atoms with E-state index in [9.17, 15) is 14.9 Å². The molecule has 0 saturated heterocycles. The van der Waals surface area contributed by atoms with E-state index >= 15 is 0 Å². The Morgan fingerprint density at radius 1 is 1.04 bits per heavy atom. The van der Waals surface area contributed by atoms with Crippen LogP contribution in [0, 0.1) is 10.1 Å². The van der Waals surface area contributed by atoms with Crippen LogP contribution in [0.1, 0.15) is 15.9 Å². The van der Waals surface area contributed by atoms with Crippen molar-refractivity contribution in [3.05, 3.63) is 99.1 Å². The highest BCUT2D eigenvalue weighted by Gasteiger charge is 2.18. The van der Waals surface area contributed by atoms with Crippen LogP contribution in [0.3, 0.4) is 0 Å². The first-order valence-corrected chi connectivity index (χ1v) is 9.76. The van der Waals surface area contributed by atoms with Gasteiger partial charge in [0.1, 0.15) is 0 Å². The quantitative estimate of drug-likeness (QED) is 0.418. The summed E-state index contributed by atoms with van der Waals surface area (Å²) >= 11 is 7.21. The van der Waals surface area contributed by atoms with Gasteiger partial charge in [-0.15, -0.1) is 0 Å². The van der Waals surface area contributed by atoms with Crippen molar-refractivity contribution in [3.63, 3.8) is 0 Å². The molecule has 0 aliphatic rings. The van der Waals surface area contributed by atoms with E-state index in [0.29, 0.717) is 22.9 Å². The van der Waals surface area contributed by atoms with E-state index in [4.69, 9.17) is 11.6 Å². The van der Waals surface area contributed by atoms with Gasteiger partial charge in [-0.2, -0.15) is 0 Å². The Hall–Kier alpha value is -2.83. The van der Waals surface area contributed by atoms with Crippen molar-refractivity contribution in [2.45, 2.75) is 16.2 Å². The lowest BCUT2D eigenvalue weighted by molar-refractivity contribution is -0.387. The van der Waals surface area contributed by atoms with Gasteiger partial charge in [0.2, 0.25) is 0 Å². The molecule has 0 bridgehead atoms. The van der Waals surface area contributed by atoms with E-state index in [-0.39, 0.29) is 17.2 Å². The number of nitro benzene ring substituents is 1. The van der Waals surface area contributed by atoms with Crippen LogP contribution in [0.15, 0.2) is 82.6 Å². The Morgan fingerprint density at radius 3 is 2.54 bits per heavy atom. The van der Waals surface area contributed by atoms with Crippen molar-refractivity contribution in [1.82, 2.24) is 5.32 Å². The van der Waals surface area contributed by atoms with Gasteiger partial charge in [-0.25, -0.2) is 0 Å². The topological polar surface area (TPSA) is 72.2 Å². The Bertz CT molecular complexity index is 996. The van der Waals surface area contributed by atoms with Crippen LogP contribution < -0.4 is 5.32 Å². The van der Waals surface area contributed by atoms with Gasteiger partial charge in [0, 0.05) is 28.1 Å². The monoisotopic (exact) mass is 412 g/mol. The van der Waals surface area contributed by atoms with Crippen LogP contribution in [0.5, 0.6) is 0 Å². The molecule has 0 spiro atoms. The molecule has 5 nitrogen and oxygen atoms in total. The highest BCUT2D eigenvalue weighted by Crippen LogP contribution is 2.36. The number of amides is 1. The van der Waals surface area contributed by atoms with Crippen LogP contribution >= 0.6 is 23.4 Å². The van der Waals surface area contributed by atoms with Gasteiger partial charge in [-0.3, -0.25) is 14.9 Å². The van der Waals surface area contributed by atoms with Crippen molar-refractivity contribution < 1.29 is 9.72 Å². The molecule has 0 fully saturated rings. The third kappa shape index (κ3) is 5.34. The number of nitrogens with one attached hydrogen (secondary N) is 1. The number of hydrogen-bond donors (Lipinski definition) is 1. The van der Waals surface area contributed by atoms with Crippen molar-refractivity contribution >= 4 is 35.0 Å². The summed E-state index contributed by atoms with van der Waals surface area (Å²) in [6.07, 6.45) is 0.692. The molecule has 142 valence electrons. The van der Waals surface area contributed by atoms with Gasteiger partial charge in [0.15, 0.2) is 0 Å². The fourth-order valence-electron chi connectivity index (χ4n) is 2.61. The molecule has 0 saturated carbocycles. The summed E-state index contributed by atoms with van der Waals surface area (Å²) in [7, 11) is 0. The summed E-state index contributed by atoms with van der Waals surface area (Å²) in [4.78, 5) is 24.6. The number of hydrogen-bond acceptors (Lipinski definition) is 4. The number of rotatable bonds is 7. The number of nitro groups is 1. The second kappa shape index (κ2) is 9.39. The Balaban J connectivity index is 1.71. The second-order valence-electron chi connectivity index (χ2n) is 5.99. The van der Waals surface area contributed by atoms with Gasteiger partial charge >= 0.3 is 0 Å². The van der Waals surface area contributed by atoms with Crippen molar-refractivity contribution in [2.75, 3.05) is 6.54 Å². The lowest BCUT2D eigenvalue weighted by Crippen LogP contribution is -2.25. The summed E-state index contributed by atoms with van der Waals surface area (Å²) in [6.45, 7) is 0.454. The Morgan fingerprint density at radius 2 is 1.82 bits per heavy atom. The smallest absolute Gasteiger partial charge is 0.284 e. The van der Waals surface area contributed by atoms with E-state index in [1.54, 1.807) is 30.3 Å². The molecule has 0 heterocycles. The van der Waals surface area contributed by atoms with Crippen LogP contribution in [-0.2, 0) is 6.42 Å². The van der Waals surface area contributed by atoms with Gasteiger partial charge in [-0.1, -0.05) is 59.8 Å². The largest absolute Gasteiger partial charge is 0.352 e. The third-order valence-electron chi connectivity index (χ3n) is 3.98. The summed E-state index contributed by atoms with van der Waals surface area (Å²) in [5, 5.41) is 14.8. The third-order valence-corrected chi connectivity index (χ3v) is 5.27. The molecule has 0 aliphatic carbocycles. The number of benzene rings is 3. The Kier molecular flexibility index (Phi) is 6.68. The molecule has 0 aromatic heterocycles. The van der Waals surface area contributed by atoms with Gasteiger partial charge in [-0.05, 0) is 42.3 Å². The van der Waals surface area contributed by atoms with Crippen molar-refractivity contribution in [1.29, 1.82) is 0 Å². The maximum atomic E-state index is 12.4. The summed E-state index contributed by atoms with van der Waals surface area (Å²) < 4.78 is 0. The number of carbonyl (C=O) groups is 1. The minimum absolute atomic E-state index is 0.110. The van der Waals surface area contributed by atoms with E-state index in [1.807, 2.05) is 36.4 Å². The Labute approximate surface area is 171 Å². The summed E-state index contributed by atoms with van der Waals surface area (Å²) in [5.74, 6) is -0.335. The van der Waals surface area contributed by atoms with E-state index < -0.39 is 4.92 Å². The molecular formula is C21H17ClN2O3S. The highest BCUT2D eigenvalue weighted by atomic mass is 35.5. The zero-order chi connectivity index (χ0) is 19.9. The molecule has 0 radical (unpaired) electrons. The fourth-order valence-corrected chi connectivity index (χ4v) is 3.83. The molecule has 1 N–H and O–H groups in total. The number of halogens is 1. The number of carbonyl (C=O) groups excluding carboxylic acids is 1.